The van der Waals surface area contributed by atoms with Gasteiger partial charge in [0.2, 0.25) is 0 Å². The lowest BCUT2D eigenvalue weighted by atomic mass is 10.0. The Kier molecular flexibility index (Phi) is 8.77. The van der Waals surface area contributed by atoms with Crippen LogP contribution in [0.1, 0.15) is 44.7 Å². The molecule has 0 saturated heterocycles. The average molecular weight is 370 g/mol. The standard InChI is InChI=1S/C17H24ClN3O4/c1-3-13(4-2)20-15(22)10-25-16(23)9-14(21-17(19)24)11-5-7-12(18)8-6-11/h5-8,13-14H,3-4,9-10H2,1-2H3,(H,20,22)(H3,19,21,24)/t14-/m0/s1. The van der Waals surface area contributed by atoms with Gasteiger partial charge < -0.3 is 21.1 Å². The maximum absolute atomic E-state index is 12.0. The van der Waals surface area contributed by atoms with Crippen molar-refractivity contribution in [3.8, 4) is 0 Å². The fourth-order valence-corrected chi connectivity index (χ4v) is 2.38. The van der Waals surface area contributed by atoms with Crippen LogP contribution in [0.3, 0.4) is 0 Å². The Morgan fingerprint density at radius 1 is 1.12 bits per heavy atom. The van der Waals surface area contributed by atoms with Crippen molar-refractivity contribution in [3.63, 3.8) is 0 Å². The average Bonchev–Trinajstić information content (AvgIpc) is 2.57. The first kappa shape index (κ1) is 20.8. The minimum Gasteiger partial charge on any atom is -0.456 e. The molecule has 0 radical (unpaired) electrons. The van der Waals surface area contributed by atoms with Crippen LogP contribution in [0.4, 0.5) is 4.79 Å². The summed E-state index contributed by atoms with van der Waals surface area (Å²) in [6.45, 7) is 3.57. The first-order chi connectivity index (χ1) is 11.8. The van der Waals surface area contributed by atoms with Crippen molar-refractivity contribution in [1.29, 1.82) is 0 Å². The van der Waals surface area contributed by atoms with Gasteiger partial charge >= 0.3 is 12.0 Å². The topological polar surface area (TPSA) is 111 Å². The van der Waals surface area contributed by atoms with Gasteiger partial charge in [0.15, 0.2) is 6.61 Å². The number of esters is 1. The number of urea groups is 1. The number of hydrogen-bond acceptors (Lipinski definition) is 4. The highest BCUT2D eigenvalue weighted by molar-refractivity contribution is 6.30. The molecule has 0 aliphatic rings. The molecular formula is C17H24ClN3O4. The van der Waals surface area contributed by atoms with Crippen molar-refractivity contribution < 1.29 is 19.1 Å². The molecule has 4 N–H and O–H groups in total. The minimum absolute atomic E-state index is 0.0598. The molecule has 0 unspecified atom stereocenters. The summed E-state index contributed by atoms with van der Waals surface area (Å²) < 4.78 is 4.98. The summed E-state index contributed by atoms with van der Waals surface area (Å²) >= 11 is 5.83. The number of nitrogens with one attached hydrogen (secondary N) is 2. The van der Waals surface area contributed by atoms with E-state index >= 15 is 0 Å². The van der Waals surface area contributed by atoms with Crippen LogP contribution in [-0.4, -0.2) is 30.6 Å². The van der Waals surface area contributed by atoms with Gasteiger partial charge in [0.05, 0.1) is 12.5 Å². The number of carbonyl (C=O) groups excluding carboxylic acids is 3. The van der Waals surface area contributed by atoms with Gasteiger partial charge in [-0.1, -0.05) is 37.6 Å². The van der Waals surface area contributed by atoms with E-state index in [1.807, 2.05) is 13.8 Å². The number of amides is 3. The number of benzene rings is 1. The van der Waals surface area contributed by atoms with E-state index in [4.69, 9.17) is 22.1 Å². The van der Waals surface area contributed by atoms with E-state index in [9.17, 15) is 14.4 Å². The number of ether oxygens (including phenoxy) is 1. The summed E-state index contributed by atoms with van der Waals surface area (Å²) in [5.74, 6) is -0.971. The second kappa shape index (κ2) is 10.6. The number of halogens is 1. The predicted molar refractivity (Wildman–Crippen MR) is 95.0 cm³/mol. The van der Waals surface area contributed by atoms with E-state index in [0.717, 1.165) is 12.8 Å². The summed E-state index contributed by atoms with van der Waals surface area (Å²) in [4.78, 5) is 34.9. The molecule has 1 aromatic rings. The Morgan fingerprint density at radius 3 is 2.24 bits per heavy atom. The number of hydrogen-bond donors (Lipinski definition) is 3. The van der Waals surface area contributed by atoms with Crippen LogP contribution in [0.15, 0.2) is 24.3 Å². The minimum atomic E-state index is -0.765. The highest BCUT2D eigenvalue weighted by Gasteiger charge is 2.19. The number of nitrogens with two attached hydrogens (primary N) is 1. The summed E-state index contributed by atoms with van der Waals surface area (Å²) in [5, 5.41) is 5.78. The molecule has 0 heterocycles. The summed E-state index contributed by atoms with van der Waals surface area (Å²) in [6.07, 6.45) is 1.46. The number of rotatable bonds is 9. The Morgan fingerprint density at radius 2 is 1.72 bits per heavy atom. The van der Waals surface area contributed by atoms with Gasteiger partial charge in [-0.25, -0.2) is 4.79 Å². The third kappa shape index (κ3) is 7.89. The monoisotopic (exact) mass is 369 g/mol. The fourth-order valence-electron chi connectivity index (χ4n) is 2.25. The maximum Gasteiger partial charge on any atom is 0.312 e. The summed E-state index contributed by atoms with van der Waals surface area (Å²) in [7, 11) is 0. The first-order valence-corrected chi connectivity index (χ1v) is 8.49. The van der Waals surface area contributed by atoms with Gasteiger partial charge in [0.25, 0.3) is 5.91 Å². The molecule has 7 nitrogen and oxygen atoms in total. The quantitative estimate of drug-likeness (QED) is 0.580. The van der Waals surface area contributed by atoms with Crippen LogP contribution in [0.25, 0.3) is 0 Å². The lowest BCUT2D eigenvalue weighted by molar-refractivity contribution is -0.149. The van der Waals surface area contributed by atoms with Gasteiger partial charge in [0, 0.05) is 11.1 Å². The first-order valence-electron chi connectivity index (χ1n) is 8.12. The second-order valence-electron chi connectivity index (χ2n) is 5.56. The van der Waals surface area contributed by atoms with Gasteiger partial charge in [-0.05, 0) is 30.5 Å². The zero-order valence-corrected chi connectivity index (χ0v) is 15.1. The fraction of sp³-hybridized carbons (Fsp3) is 0.471. The van der Waals surface area contributed by atoms with Gasteiger partial charge in [-0.2, -0.15) is 0 Å². The molecule has 138 valence electrons. The second-order valence-corrected chi connectivity index (χ2v) is 5.99. The SMILES string of the molecule is CCC(CC)NC(=O)COC(=O)C[C@H](NC(N)=O)c1ccc(Cl)cc1. The molecule has 0 aliphatic heterocycles. The molecule has 0 aliphatic carbocycles. The van der Waals surface area contributed by atoms with E-state index in [1.54, 1.807) is 24.3 Å². The van der Waals surface area contributed by atoms with Gasteiger partial charge in [0.1, 0.15) is 0 Å². The molecule has 0 bridgehead atoms. The van der Waals surface area contributed by atoms with Crippen molar-refractivity contribution in [2.45, 2.75) is 45.2 Å². The van der Waals surface area contributed by atoms with Crippen LogP contribution in [0.5, 0.6) is 0 Å². The molecule has 3 amide bonds. The zero-order chi connectivity index (χ0) is 18.8. The van der Waals surface area contributed by atoms with Gasteiger partial charge in [-0.15, -0.1) is 0 Å². The van der Waals surface area contributed by atoms with E-state index in [2.05, 4.69) is 10.6 Å². The predicted octanol–water partition coefficient (Wildman–Crippen LogP) is 2.29. The van der Waals surface area contributed by atoms with Crippen LogP contribution >= 0.6 is 11.6 Å². The summed E-state index contributed by atoms with van der Waals surface area (Å²) in [6, 6.07) is 5.27. The smallest absolute Gasteiger partial charge is 0.312 e. The molecular weight excluding hydrogens is 346 g/mol. The molecule has 8 heteroatoms. The van der Waals surface area contributed by atoms with E-state index < -0.39 is 18.0 Å². The largest absolute Gasteiger partial charge is 0.456 e. The lowest BCUT2D eigenvalue weighted by Crippen LogP contribution is -2.37. The highest BCUT2D eigenvalue weighted by Crippen LogP contribution is 2.20. The normalized spacial score (nSPS) is 11.7. The lowest BCUT2D eigenvalue weighted by Gasteiger charge is -2.18. The van der Waals surface area contributed by atoms with E-state index in [0.29, 0.717) is 10.6 Å². The molecule has 0 spiro atoms. The summed E-state index contributed by atoms with van der Waals surface area (Å²) in [5.41, 5.74) is 5.81. The van der Waals surface area contributed by atoms with Gasteiger partial charge in [-0.3, -0.25) is 9.59 Å². The Hall–Kier alpha value is -2.28. The molecule has 1 aromatic carbocycles. The zero-order valence-electron chi connectivity index (χ0n) is 14.4. The van der Waals surface area contributed by atoms with Crippen molar-refractivity contribution >= 4 is 29.5 Å². The number of carbonyl (C=O) groups is 3. The highest BCUT2D eigenvalue weighted by atomic mass is 35.5. The molecule has 0 aromatic heterocycles. The van der Waals surface area contributed by atoms with E-state index in [1.165, 1.54) is 0 Å². The molecule has 25 heavy (non-hydrogen) atoms. The molecule has 1 atom stereocenters. The molecule has 0 saturated carbocycles. The van der Waals surface area contributed by atoms with Crippen LogP contribution < -0.4 is 16.4 Å². The van der Waals surface area contributed by atoms with Crippen LogP contribution in [0.2, 0.25) is 5.02 Å². The molecule has 0 fully saturated rings. The van der Waals surface area contributed by atoms with Crippen LogP contribution in [0, 0.1) is 0 Å². The maximum atomic E-state index is 12.0. The Bertz CT molecular complexity index is 588. The third-order valence-electron chi connectivity index (χ3n) is 3.67. The van der Waals surface area contributed by atoms with Crippen LogP contribution in [-0.2, 0) is 14.3 Å². The van der Waals surface area contributed by atoms with Crippen molar-refractivity contribution in [1.82, 2.24) is 10.6 Å². The van der Waals surface area contributed by atoms with E-state index in [-0.39, 0.29) is 25.0 Å². The van der Waals surface area contributed by atoms with Crippen molar-refractivity contribution in [2.75, 3.05) is 6.61 Å². The number of primary amides is 1. The third-order valence-corrected chi connectivity index (χ3v) is 3.93. The Labute approximate surface area is 152 Å². The molecule has 1 rings (SSSR count). The Balaban J connectivity index is 2.59. The van der Waals surface area contributed by atoms with Crippen molar-refractivity contribution in [3.05, 3.63) is 34.9 Å². The van der Waals surface area contributed by atoms with Crippen molar-refractivity contribution in [2.24, 2.45) is 5.73 Å².